The fourth-order valence-corrected chi connectivity index (χ4v) is 3.06. The number of amides is 3. The van der Waals surface area contributed by atoms with Crippen LogP contribution in [0.15, 0.2) is 30.3 Å². The number of rotatable bonds is 13. The largest absolute Gasteiger partial charge is 0.481 e. The normalized spacial score (nSPS) is 14.3. The molecule has 1 rings (SSSR count). The fourth-order valence-electron chi connectivity index (χ4n) is 2.55. The Morgan fingerprint density at radius 3 is 1.72 bits per heavy atom. The molecule has 1 aromatic rings. The highest BCUT2D eigenvalue weighted by atomic mass is 32.1. The second kappa shape index (κ2) is 13.6. The second-order valence-electron chi connectivity index (χ2n) is 6.78. The van der Waals surface area contributed by atoms with Gasteiger partial charge in [0.1, 0.15) is 18.1 Å². The SMILES string of the molecule is NC(Cc1ccccc1)C(=O)NC(CS)C(=O)NC(CS)C(=O)NC(CC(=O)O)C(=O)O. The Kier molecular flexibility index (Phi) is 11.6. The number of nitrogens with one attached hydrogen (secondary N) is 3. The van der Waals surface area contributed by atoms with Crippen molar-refractivity contribution in [1.82, 2.24) is 16.0 Å². The van der Waals surface area contributed by atoms with Crippen molar-refractivity contribution in [2.24, 2.45) is 5.73 Å². The van der Waals surface area contributed by atoms with Gasteiger partial charge < -0.3 is 31.9 Å². The first-order valence-corrected chi connectivity index (χ1v) is 10.7. The van der Waals surface area contributed by atoms with Crippen LogP contribution in [0, 0.1) is 0 Å². The molecule has 1 aromatic carbocycles. The van der Waals surface area contributed by atoms with Gasteiger partial charge in [0.2, 0.25) is 17.7 Å². The van der Waals surface area contributed by atoms with Crippen LogP contribution in [-0.2, 0) is 30.4 Å². The predicted octanol–water partition coefficient (Wildman–Crippen LogP) is -1.57. The van der Waals surface area contributed by atoms with Crippen LogP contribution in [0.25, 0.3) is 0 Å². The molecule has 0 saturated carbocycles. The molecule has 0 bridgehead atoms. The Bertz CT molecular complexity index is 825. The molecule has 3 amide bonds. The van der Waals surface area contributed by atoms with Crippen molar-refractivity contribution in [3.8, 4) is 0 Å². The van der Waals surface area contributed by atoms with Crippen molar-refractivity contribution in [2.45, 2.75) is 37.0 Å². The molecule has 32 heavy (non-hydrogen) atoms. The van der Waals surface area contributed by atoms with E-state index in [-0.39, 0.29) is 17.9 Å². The molecule has 0 saturated heterocycles. The Labute approximate surface area is 195 Å². The maximum Gasteiger partial charge on any atom is 0.326 e. The summed E-state index contributed by atoms with van der Waals surface area (Å²) in [7, 11) is 0. The third-order valence-electron chi connectivity index (χ3n) is 4.26. The van der Waals surface area contributed by atoms with E-state index in [0.717, 1.165) is 5.56 Å². The summed E-state index contributed by atoms with van der Waals surface area (Å²) in [5.41, 5.74) is 6.74. The molecule has 7 N–H and O–H groups in total. The third kappa shape index (κ3) is 9.16. The number of hydrogen-bond acceptors (Lipinski definition) is 8. The van der Waals surface area contributed by atoms with Gasteiger partial charge in [-0.15, -0.1) is 0 Å². The Balaban J connectivity index is 2.71. The van der Waals surface area contributed by atoms with E-state index in [1.807, 2.05) is 11.4 Å². The van der Waals surface area contributed by atoms with Gasteiger partial charge >= 0.3 is 11.9 Å². The average molecular weight is 487 g/mol. The van der Waals surface area contributed by atoms with Crippen LogP contribution in [-0.4, -0.2) is 75.5 Å². The lowest BCUT2D eigenvalue weighted by molar-refractivity contribution is -0.147. The van der Waals surface area contributed by atoms with E-state index >= 15 is 0 Å². The summed E-state index contributed by atoms with van der Waals surface area (Å²) in [5.74, 6) is -5.58. The molecule has 0 heterocycles. The van der Waals surface area contributed by atoms with Gasteiger partial charge in [-0.1, -0.05) is 30.3 Å². The molecule has 0 spiro atoms. The fraction of sp³-hybridized carbons (Fsp3) is 0.421. The van der Waals surface area contributed by atoms with Gasteiger partial charge in [-0.2, -0.15) is 25.3 Å². The smallest absolute Gasteiger partial charge is 0.326 e. The molecule has 4 atom stereocenters. The van der Waals surface area contributed by atoms with Crippen molar-refractivity contribution < 1.29 is 34.2 Å². The first-order valence-electron chi connectivity index (χ1n) is 9.46. The minimum atomic E-state index is -1.68. The zero-order valence-electron chi connectivity index (χ0n) is 16.9. The molecule has 0 aliphatic heterocycles. The minimum Gasteiger partial charge on any atom is -0.481 e. The molecule has 176 valence electrons. The van der Waals surface area contributed by atoms with Crippen LogP contribution in [0.3, 0.4) is 0 Å². The van der Waals surface area contributed by atoms with Gasteiger partial charge in [-0.25, -0.2) is 4.79 Å². The third-order valence-corrected chi connectivity index (χ3v) is 4.99. The second-order valence-corrected chi connectivity index (χ2v) is 7.51. The van der Waals surface area contributed by atoms with Crippen LogP contribution < -0.4 is 21.7 Å². The maximum atomic E-state index is 12.5. The van der Waals surface area contributed by atoms with Crippen molar-refractivity contribution >= 4 is 54.9 Å². The number of carbonyl (C=O) groups excluding carboxylic acids is 3. The molecule has 0 radical (unpaired) electrons. The molecule has 13 heteroatoms. The summed E-state index contributed by atoms with van der Waals surface area (Å²) in [6.45, 7) is 0. The maximum absolute atomic E-state index is 12.5. The summed E-state index contributed by atoms with van der Waals surface area (Å²) < 4.78 is 0. The predicted molar refractivity (Wildman–Crippen MR) is 122 cm³/mol. The van der Waals surface area contributed by atoms with Crippen LogP contribution in [0.5, 0.6) is 0 Å². The Morgan fingerprint density at radius 2 is 1.28 bits per heavy atom. The minimum absolute atomic E-state index is 0.104. The standard InChI is InChI=1S/C19H26N4O7S2/c20-11(6-10-4-2-1-3-5-10)16(26)22-13(8-31)18(28)23-14(9-32)17(27)21-12(19(29)30)7-15(24)25/h1-5,11-14,31-32H,6-9,20H2,(H,21,27)(H,22,26)(H,23,28)(H,24,25)(H,29,30). The summed E-state index contributed by atoms with van der Waals surface area (Å²) in [4.78, 5) is 59.1. The molecular formula is C19H26N4O7S2. The number of thiol groups is 2. The van der Waals surface area contributed by atoms with E-state index in [9.17, 15) is 24.0 Å². The van der Waals surface area contributed by atoms with Gasteiger partial charge in [0.15, 0.2) is 0 Å². The molecular weight excluding hydrogens is 460 g/mol. The van der Waals surface area contributed by atoms with Crippen molar-refractivity contribution in [3.63, 3.8) is 0 Å². The lowest BCUT2D eigenvalue weighted by Crippen LogP contribution is -2.58. The van der Waals surface area contributed by atoms with E-state index in [2.05, 4.69) is 35.9 Å². The van der Waals surface area contributed by atoms with Crippen LogP contribution in [0.1, 0.15) is 12.0 Å². The summed E-state index contributed by atoms with van der Waals surface area (Å²) >= 11 is 8.01. The zero-order chi connectivity index (χ0) is 24.3. The molecule has 0 aliphatic carbocycles. The first-order chi connectivity index (χ1) is 15.1. The van der Waals surface area contributed by atoms with Gasteiger partial charge in [0.05, 0.1) is 12.5 Å². The topological polar surface area (TPSA) is 188 Å². The summed E-state index contributed by atoms with van der Waals surface area (Å²) in [5, 5.41) is 24.6. The number of carboxylic acid groups (broad SMARTS) is 2. The van der Waals surface area contributed by atoms with Crippen molar-refractivity contribution in [1.29, 1.82) is 0 Å². The van der Waals surface area contributed by atoms with Gasteiger partial charge in [0.25, 0.3) is 0 Å². The van der Waals surface area contributed by atoms with Crippen molar-refractivity contribution in [2.75, 3.05) is 11.5 Å². The van der Waals surface area contributed by atoms with Gasteiger partial charge in [-0.05, 0) is 12.0 Å². The lowest BCUT2D eigenvalue weighted by atomic mass is 10.1. The van der Waals surface area contributed by atoms with Crippen LogP contribution in [0.2, 0.25) is 0 Å². The van der Waals surface area contributed by atoms with E-state index in [4.69, 9.17) is 15.9 Å². The number of hydrogen-bond donors (Lipinski definition) is 8. The number of carboxylic acids is 2. The molecule has 0 aliphatic rings. The number of carbonyl (C=O) groups is 5. The molecule has 4 unspecified atom stereocenters. The van der Waals surface area contributed by atoms with E-state index in [1.54, 1.807) is 24.3 Å². The van der Waals surface area contributed by atoms with Gasteiger partial charge in [0, 0.05) is 11.5 Å². The van der Waals surface area contributed by atoms with Crippen molar-refractivity contribution in [3.05, 3.63) is 35.9 Å². The number of benzene rings is 1. The number of nitrogens with two attached hydrogens (primary N) is 1. The van der Waals surface area contributed by atoms with Crippen LogP contribution >= 0.6 is 25.3 Å². The zero-order valence-corrected chi connectivity index (χ0v) is 18.7. The highest BCUT2D eigenvalue weighted by molar-refractivity contribution is 7.80. The number of aliphatic carboxylic acids is 2. The summed E-state index contributed by atoms with van der Waals surface area (Å²) in [6.07, 6.45) is -0.599. The average Bonchev–Trinajstić information content (AvgIpc) is 2.74. The Morgan fingerprint density at radius 1 is 0.812 bits per heavy atom. The summed E-state index contributed by atoms with van der Waals surface area (Å²) in [6, 6.07) is 4.03. The molecule has 0 aromatic heterocycles. The quantitative estimate of drug-likeness (QED) is 0.154. The van der Waals surface area contributed by atoms with Crippen LogP contribution in [0.4, 0.5) is 0 Å². The highest BCUT2D eigenvalue weighted by Gasteiger charge is 2.30. The van der Waals surface area contributed by atoms with E-state index < -0.39 is 60.2 Å². The van der Waals surface area contributed by atoms with E-state index in [1.165, 1.54) is 0 Å². The van der Waals surface area contributed by atoms with Gasteiger partial charge in [-0.3, -0.25) is 19.2 Å². The first kappa shape index (κ1) is 27.3. The monoisotopic (exact) mass is 486 g/mol. The highest BCUT2D eigenvalue weighted by Crippen LogP contribution is 2.03. The lowest BCUT2D eigenvalue weighted by Gasteiger charge is -2.23. The van der Waals surface area contributed by atoms with E-state index in [0.29, 0.717) is 0 Å². The molecule has 11 nitrogen and oxygen atoms in total. The molecule has 0 fully saturated rings. The Hall–Kier alpha value is -2.77.